The smallest absolute Gasteiger partial charge is 0.211 e. The standard InChI is InChI=1S/C10H14ClN3O2S/c1-7-5-9(11)13-10(12-7)8-3-4-14(6-8)17(2,15)16/h5,8H,3-4,6H2,1-2H3. The first-order chi connectivity index (χ1) is 7.86. The van der Waals surface area contributed by atoms with E-state index in [1.165, 1.54) is 10.6 Å². The molecule has 5 nitrogen and oxygen atoms in total. The predicted molar refractivity (Wildman–Crippen MR) is 65.6 cm³/mol. The molecule has 0 saturated carbocycles. The van der Waals surface area contributed by atoms with Gasteiger partial charge in [0, 0.05) is 24.7 Å². The van der Waals surface area contributed by atoms with Gasteiger partial charge in [0.15, 0.2) is 0 Å². The summed E-state index contributed by atoms with van der Waals surface area (Å²) < 4.78 is 24.3. The predicted octanol–water partition coefficient (Wildman–Crippen LogP) is 1.19. The molecule has 0 spiro atoms. The largest absolute Gasteiger partial charge is 0.238 e. The van der Waals surface area contributed by atoms with E-state index < -0.39 is 10.0 Å². The molecule has 1 aromatic heterocycles. The van der Waals surface area contributed by atoms with Gasteiger partial charge in [-0.1, -0.05) is 11.6 Å². The summed E-state index contributed by atoms with van der Waals surface area (Å²) in [7, 11) is -3.12. The van der Waals surface area contributed by atoms with Crippen molar-refractivity contribution in [3.05, 3.63) is 22.7 Å². The highest BCUT2D eigenvalue weighted by molar-refractivity contribution is 7.88. The maximum absolute atomic E-state index is 11.4. The van der Waals surface area contributed by atoms with E-state index in [-0.39, 0.29) is 5.92 Å². The lowest BCUT2D eigenvalue weighted by Crippen LogP contribution is -2.27. The number of aryl methyl sites for hydroxylation is 1. The van der Waals surface area contributed by atoms with Gasteiger partial charge in [0.2, 0.25) is 10.0 Å². The third-order valence-corrected chi connectivity index (χ3v) is 4.29. The summed E-state index contributed by atoms with van der Waals surface area (Å²) in [5.41, 5.74) is 0.804. The average Bonchev–Trinajstić information content (AvgIpc) is 2.63. The van der Waals surface area contributed by atoms with Gasteiger partial charge in [0.25, 0.3) is 0 Å². The maximum Gasteiger partial charge on any atom is 0.211 e. The van der Waals surface area contributed by atoms with Gasteiger partial charge < -0.3 is 0 Å². The molecule has 17 heavy (non-hydrogen) atoms. The fourth-order valence-electron chi connectivity index (χ4n) is 1.97. The molecule has 0 aromatic carbocycles. The zero-order valence-corrected chi connectivity index (χ0v) is 11.3. The lowest BCUT2D eigenvalue weighted by molar-refractivity contribution is 0.476. The van der Waals surface area contributed by atoms with Crippen molar-refractivity contribution in [3.8, 4) is 0 Å². The van der Waals surface area contributed by atoms with E-state index in [4.69, 9.17) is 11.6 Å². The highest BCUT2D eigenvalue weighted by atomic mass is 35.5. The molecule has 0 bridgehead atoms. The van der Waals surface area contributed by atoms with Crippen LogP contribution >= 0.6 is 11.6 Å². The van der Waals surface area contributed by atoms with Crippen LogP contribution in [-0.2, 0) is 10.0 Å². The third-order valence-electron chi connectivity index (χ3n) is 2.83. The topological polar surface area (TPSA) is 63.2 Å². The van der Waals surface area contributed by atoms with Gasteiger partial charge in [-0.05, 0) is 19.4 Å². The Balaban J connectivity index is 2.21. The Labute approximate surface area is 106 Å². The minimum Gasteiger partial charge on any atom is -0.238 e. The second-order valence-electron chi connectivity index (χ2n) is 4.30. The van der Waals surface area contributed by atoms with Crippen LogP contribution in [0.25, 0.3) is 0 Å². The Morgan fingerprint density at radius 2 is 2.18 bits per heavy atom. The highest BCUT2D eigenvalue weighted by Gasteiger charge is 2.31. The van der Waals surface area contributed by atoms with E-state index in [9.17, 15) is 8.42 Å². The number of nitrogens with zero attached hydrogens (tertiary/aromatic N) is 3. The van der Waals surface area contributed by atoms with Crippen LogP contribution in [0.2, 0.25) is 5.15 Å². The molecular formula is C10H14ClN3O2S. The normalized spacial score (nSPS) is 21.9. The van der Waals surface area contributed by atoms with Crippen LogP contribution in [0, 0.1) is 6.92 Å². The van der Waals surface area contributed by atoms with E-state index in [0.29, 0.717) is 24.1 Å². The Morgan fingerprint density at radius 1 is 1.47 bits per heavy atom. The van der Waals surface area contributed by atoms with Crippen LogP contribution in [0.15, 0.2) is 6.07 Å². The van der Waals surface area contributed by atoms with Crippen molar-refractivity contribution in [1.82, 2.24) is 14.3 Å². The lowest BCUT2D eigenvalue weighted by Gasteiger charge is -2.12. The van der Waals surface area contributed by atoms with Crippen molar-refractivity contribution >= 4 is 21.6 Å². The number of hydrogen-bond donors (Lipinski definition) is 0. The molecule has 1 fully saturated rings. The van der Waals surface area contributed by atoms with Crippen LogP contribution in [0.5, 0.6) is 0 Å². The molecule has 0 radical (unpaired) electrons. The molecule has 1 saturated heterocycles. The summed E-state index contributed by atoms with van der Waals surface area (Å²) in [4.78, 5) is 8.48. The lowest BCUT2D eigenvalue weighted by atomic mass is 10.1. The minimum atomic E-state index is -3.12. The van der Waals surface area contributed by atoms with E-state index >= 15 is 0 Å². The molecule has 7 heteroatoms. The van der Waals surface area contributed by atoms with Gasteiger partial charge in [-0.25, -0.2) is 22.7 Å². The quantitative estimate of drug-likeness (QED) is 0.761. The molecule has 94 valence electrons. The summed E-state index contributed by atoms with van der Waals surface area (Å²) in [6, 6.07) is 1.69. The van der Waals surface area contributed by atoms with E-state index in [1.54, 1.807) is 6.07 Å². The van der Waals surface area contributed by atoms with Gasteiger partial charge in [-0.3, -0.25) is 0 Å². The summed E-state index contributed by atoms with van der Waals surface area (Å²) in [6.45, 7) is 2.82. The van der Waals surface area contributed by atoms with Gasteiger partial charge in [0.1, 0.15) is 11.0 Å². The van der Waals surface area contributed by atoms with Crippen molar-refractivity contribution in [1.29, 1.82) is 0 Å². The minimum absolute atomic E-state index is 0.0436. The molecule has 0 amide bonds. The molecule has 1 atom stereocenters. The van der Waals surface area contributed by atoms with Crippen LogP contribution in [0.3, 0.4) is 0 Å². The Bertz CT molecular complexity index is 512. The zero-order valence-electron chi connectivity index (χ0n) is 9.72. The molecule has 1 aliphatic heterocycles. The van der Waals surface area contributed by atoms with Crippen LogP contribution in [0.4, 0.5) is 0 Å². The summed E-state index contributed by atoms with van der Waals surface area (Å²) >= 11 is 5.87. The zero-order chi connectivity index (χ0) is 12.6. The summed E-state index contributed by atoms with van der Waals surface area (Å²) in [6.07, 6.45) is 1.96. The van der Waals surface area contributed by atoms with Gasteiger partial charge in [-0.2, -0.15) is 0 Å². The number of sulfonamides is 1. The average molecular weight is 276 g/mol. The maximum atomic E-state index is 11.4. The monoisotopic (exact) mass is 275 g/mol. The van der Waals surface area contributed by atoms with E-state index in [1.807, 2.05) is 6.92 Å². The Morgan fingerprint density at radius 3 is 2.71 bits per heavy atom. The van der Waals surface area contributed by atoms with Crippen molar-refractivity contribution in [3.63, 3.8) is 0 Å². The SMILES string of the molecule is Cc1cc(Cl)nc(C2CCN(S(C)(=O)=O)C2)n1. The van der Waals surface area contributed by atoms with Gasteiger partial charge in [0.05, 0.1) is 6.26 Å². The van der Waals surface area contributed by atoms with Crippen molar-refractivity contribution in [2.45, 2.75) is 19.3 Å². The van der Waals surface area contributed by atoms with Gasteiger partial charge >= 0.3 is 0 Å². The first-order valence-corrected chi connectivity index (χ1v) is 7.55. The summed E-state index contributed by atoms with van der Waals surface area (Å²) in [5, 5.41) is 0.408. The number of rotatable bonds is 2. The van der Waals surface area contributed by atoms with Crippen LogP contribution < -0.4 is 0 Å². The fourth-order valence-corrected chi connectivity index (χ4v) is 3.11. The van der Waals surface area contributed by atoms with E-state index in [0.717, 1.165) is 12.1 Å². The number of hydrogen-bond acceptors (Lipinski definition) is 4. The third kappa shape index (κ3) is 2.94. The number of aromatic nitrogens is 2. The molecule has 0 aliphatic carbocycles. The molecule has 2 rings (SSSR count). The number of halogens is 1. The van der Waals surface area contributed by atoms with Crippen molar-refractivity contribution in [2.75, 3.05) is 19.3 Å². The second-order valence-corrected chi connectivity index (χ2v) is 6.67. The molecule has 0 N–H and O–H groups in total. The molecule has 1 aromatic rings. The first-order valence-electron chi connectivity index (χ1n) is 5.32. The Kier molecular flexibility index (Phi) is 3.38. The van der Waals surface area contributed by atoms with Crippen molar-refractivity contribution in [2.24, 2.45) is 0 Å². The fraction of sp³-hybridized carbons (Fsp3) is 0.600. The highest BCUT2D eigenvalue weighted by Crippen LogP contribution is 2.27. The first kappa shape index (κ1) is 12.7. The molecular weight excluding hydrogens is 262 g/mol. The second kappa shape index (κ2) is 4.51. The molecule has 1 unspecified atom stereocenters. The van der Waals surface area contributed by atoms with Gasteiger partial charge in [-0.15, -0.1) is 0 Å². The van der Waals surface area contributed by atoms with Crippen molar-refractivity contribution < 1.29 is 8.42 Å². The molecule has 2 heterocycles. The molecule has 1 aliphatic rings. The van der Waals surface area contributed by atoms with Crippen LogP contribution in [-0.4, -0.2) is 42.0 Å². The summed E-state index contributed by atoms with van der Waals surface area (Å²) in [5.74, 6) is 0.684. The Hall–Kier alpha value is -0.720. The van der Waals surface area contributed by atoms with Crippen LogP contribution in [0.1, 0.15) is 23.9 Å². The van der Waals surface area contributed by atoms with E-state index in [2.05, 4.69) is 9.97 Å².